The first-order chi connectivity index (χ1) is 9.77. The van der Waals surface area contributed by atoms with Gasteiger partial charge in [0.2, 0.25) is 5.91 Å². The van der Waals surface area contributed by atoms with Gasteiger partial charge in [-0.15, -0.1) is 0 Å². The maximum atomic E-state index is 12.7. The lowest BCUT2D eigenvalue weighted by Gasteiger charge is -2.12. The summed E-state index contributed by atoms with van der Waals surface area (Å²) < 4.78 is 43.4. The average Bonchev–Trinajstić information content (AvgIpc) is 2.40. The number of halogens is 4. The lowest BCUT2D eigenvalue weighted by atomic mass is 10.2. The highest BCUT2D eigenvalue weighted by Crippen LogP contribution is 2.37. The van der Waals surface area contributed by atoms with Crippen LogP contribution in [0.25, 0.3) is 0 Å². The predicted octanol–water partition coefficient (Wildman–Crippen LogP) is 4.25. The van der Waals surface area contributed by atoms with Crippen LogP contribution >= 0.6 is 11.6 Å². The number of carbonyl (C=O) groups excluding carboxylic acids is 1. The molecule has 21 heavy (non-hydrogen) atoms. The van der Waals surface area contributed by atoms with Crippen molar-refractivity contribution >= 4 is 17.5 Å². The summed E-state index contributed by atoms with van der Waals surface area (Å²) in [6, 6.07) is 8.93. The molecule has 2 N–H and O–H groups in total. The highest BCUT2D eigenvalue weighted by atomic mass is 35.5. The summed E-state index contributed by atoms with van der Waals surface area (Å²) in [7, 11) is 0. The van der Waals surface area contributed by atoms with Gasteiger partial charge in [0.15, 0.2) is 0 Å². The molecule has 0 aliphatic carbocycles. The molecule has 0 aromatic heterocycles. The van der Waals surface area contributed by atoms with Crippen LogP contribution in [0.5, 0.6) is 11.5 Å². The van der Waals surface area contributed by atoms with Gasteiger partial charge >= 0.3 is 6.18 Å². The molecule has 0 radical (unpaired) electrons. The number of alkyl halides is 3. The number of benzene rings is 2. The van der Waals surface area contributed by atoms with Crippen molar-refractivity contribution in [1.29, 1.82) is 0 Å². The van der Waals surface area contributed by atoms with Gasteiger partial charge < -0.3 is 10.5 Å². The number of carbonyl (C=O) groups is 1. The van der Waals surface area contributed by atoms with Gasteiger partial charge in [-0.1, -0.05) is 11.6 Å². The van der Waals surface area contributed by atoms with Gasteiger partial charge in [0, 0.05) is 5.56 Å². The zero-order valence-corrected chi connectivity index (χ0v) is 11.2. The molecule has 0 saturated carbocycles. The topological polar surface area (TPSA) is 52.3 Å². The van der Waals surface area contributed by atoms with Crippen molar-refractivity contribution in [3.05, 3.63) is 58.6 Å². The van der Waals surface area contributed by atoms with E-state index in [0.29, 0.717) is 0 Å². The summed E-state index contributed by atoms with van der Waals surface area (Å²) in [4.78, 5) is 10.9. The fourth-order valence-electron chi connectivity index (χ4n) is 1.61. The Balaban J connectivity index is 2.26. The summed E-state index contributed by atoms with van der Waals surface area (Å²) in [6.45, 7) is 0. The standard InChI is InChI=1S/C14H9ClF3NO2/c15-12-6-5-10(7-11(12)14(16,17)18)21-9-3-1-8(2-4-9)13(19)20/h1-7H,(H2,19,20). The number of ether oxygens (including phenoxy) is 1. The maximum absolute atomic E-state index is 12.7. The third-order valence-corrected chi connectivity index (χ3v) is 2.95. The molecule has 7 heteroatoms. The molecule has 0 atom stereocenters. The first kappa shape index (κ1) is 15.2. The summed E-state index contributed by atoms with van der Waals surface area (Å²) in [5, 5.41) is -0.404. The molecule has 0 aliphatic heterocycles. The monoisotopic (exact) mass is 315 g/mol. The molecule has 0 saturated heterocycles. The van der Waals surface area contributed by atoms with E-state index in [0.717, 1.165) is 12.1 Å². The highest BCUT2D eigenvalue weighted by molar-refractivity contribution is 6.31. The molecule has 0 aliphatic rings. The minimum Gasteiger partial charge on any atom is -0.457 e. The summed E-state index contributed by atoms with van der Waals surface area (Å²) >= 11 is 5.51. The van der Waals surface area contributed by atoms with Crippen LogP contribution in [0.1, 0.15) is 15.9 Å². The van der Waals surface area contributed by atoms with Gasteiger partial charge in [0.05, 0.1) is 10.6 Å². The number of hydrogen-bond donors (Lipinski definition) is 1. The quantitative estimate of drug-likeness (QED) is 0.920. The molecule has 3 nitrogen and oxygen atoms in total. The Morgan fingerprint density at radius 1 is 1.05 bits per heavy atom. The van der Waals surface area contributed by atoms with E-state index in [9.17, 15) is 18.0 Å². The van der Waals surface area contributed by atoms with Crippen molar-refractivity contribution in [2.45, 2.75) is 6.18 Å². The molecule has 2 aromatic rings. The number of rotatable bonds is 3. The zero-order valence-electron chi connectivity index (χ0n) is 10.4. The Morgan fingerprint density at radius 2 is 1.62 bits per heavy atom. The number of amides is 1. The number of nitrogens with two attached hydrogens (primary N) is 1. The first-order valence-electron chi connectivity index (χ1n) is 5.72. The minimum atomic E-state index is -4.56. The van der Waals surface area contributed by atoms with Crippen molar-refractivity contribution < 1.29 is 22.7 Å². The summed E-state index contributed by atoms with van der Waals surface area (Å²) in [6.07, 6.45) is -4.56. The second-order valence-corrected chi connectivity index (χ2v) is 4.54. The van der Waals surface area contributed by atoms with Gasteiger partial charge in [-0.05, 0) is 42.5 Å². The largest absolute Gasteiger partial charge is 0.457 e. The van der Waals surface area contributed by atoms with Crippen LogP contribution in [0.3, 0.4) is 0 Å². The Labute approximate surface area is 123 Å². The predicted molar refractivity (Wildman–Crippen MR) is 71.5 cm³/mol. The SMILES string of the molecule is NC(=O)c1ccc(Oc2ccc(Cl)c(C(F)(F)F)c2)cc1. The fourth-order valence-corrected chi connectivity index (χ4v) is 1.83. The molecule has 2 aromatic carbocycles. The average molecular weight is 316 g/mol. The van der Waals surface area contributed by atoms with E-state index in [2.05, 4.69) is 0 Å². The van der Waals surface area contributed by atoms with Crippen LogP contribution in [0, 0.1) is 0 Å². The van der Waals surface area contributed by atoms with E-state index in [1.165, 1.54) is 30.3 Å². The van der Waals surface area contributed by atoms with E-state index < -0.39 is 22.7 Å². The molecule has 2 rings (SSSR count). The van der Waals surface area contributed by atoms with Gasteiger partial charge in [-0.25, -0.2) is 0 Å². The van der Waals surface area contributed by atoms with E-state index in [1.807, 2.05) is 0 Å². The molecule has 1 amide bonds. The van der Waals surface area contributed by atoms with Crippen molar-refractivity contribution in [1.82, 2.24) is 0 Å². The van der Waals surface area contributed by atoms with Gasteiger partial charge in [-0.3, -0.25) is 4.79 Å². The Morgan fingerprint density at radius 3 is 2.14 bits per heavy atom. The van der Waals surface area contributed by atoms with Crippen molar-refractivity contribution in [3.63, 3.8) is 0 Å². The minimum absolute atomic E-state index is 0.0152. The van der Waals surface area contributed by atoms with Gasteiger partial charge in [-0.2, -0.15) is 13.2 Å². The molecule has 0 fully saturated rings. The van der Waals surface area contributed by atoms with Crippen molar-refractivity contribution in [3.8, 4) is 11.5 Å². The zero-order chi connectivity index (χ0) is 15.6. The van der Waals surface area contributed by atoms with E-state index >= 15 is 0 Å². The molecule has 0 unspecified atom stereocenters. The summed E-state index contributed by atoms with van der Waals surface area (Å²) in [5.74, 6) is -0.346. The molecular formula is C14H9ClF3NO2. The van der Waals surface area contributed by atoms with Gasteiger partial charge in [0.25, 0.3) is 0 Å². The van der Waals surface area contributed by atoms with E-state index in [-0.39, 0.29) is 17.1 Å². The Bertz CT molecular complexity index is 669. The van der Waals surface area contributed by atoms with E-state index in [4.69, 9.17) is 22.1 Å². The number of primary amides is 1. The van der Waals surface area contributed by atoms with Gasteiger partial charge in [0.1, 0.15) is 11.5 Å². The van der Waals surface area contributed by atoms with Crippen LogP contribution in [0.4, 0.5) is 13.2 Å². The second kappa shape index (κ2) is 5.65. The van der Waals surface area contributed by atoms with Crippen molar-refractivity contribution in [2.24, 2.45) is 5.73 Å². The Kier molecular flexibility index (Phi) is 4.09. The highest BCUT2D eigenvalue weighted by Gasteiger charge is 2.33. The Hall–Kier alpha value is -2.21. The lowest BCUT2D eigenvalue weighted by molar-refractivity contribution is -0.137. The third kappa shape index (κ3) is 3.66. The summed E-state index contributed by atoms with van der Waals surface area (Å²) in [5.41, 5.74) is 4.38. The first-order valence-corrected chi connectivity index (χ1v) is 6.09. The molecule has 110 valence electrons. The fraction of sp³-hybridized carbons (Fsp3) is 0.0714. The maximum Gasteiger partial charge on any atom is 0.417 e. The van der Waals surface area contributed by atoms with Crippen LogP contribution in [-0.4, -0.2) is 5.91 Å². The lowest BCUT2D eigenvalue weighted by Crippen LogP contribution is -2.10. The van der Waals surface area contributed by atoms with Crippen LogP contribution in [-0.2, 0) is 6.18 Å². The van der Waals surface area contributed by atoms with E-state index in [1.54, 1.807) is 0 Å². The smallest absolute Gasteiger partial charge is 0.417 e. The van der Waals surface area contributed by atoms with Crippen LogP contribution < -0.4 is 10.5 Å². The molecular weight excluding hydrogens is 307 g/mol. The molecule has 0 spiro atoms. The molecule has 0 bridgehead atoms. The second-order valence-electron chi connectivity index (χ2n) is 4.13. The number of hydrogen-bond acceptors (Lipinski definition) is 2. The van der Waals surface area contributed by atoms with Crippen molar-refractivity contribution in [2.75, 3.05) is 0 Å². The normalized spacial score (nSPS) is 11.2. The van der Waals surface area contributed by atoms with Crippen LogP contribution in [0.15, 0.2) is 42.5 Å². The molecule has 0 heterocycles. The van der Waals surface area contributed by atoms with Crippen LogP contribution in [0.2, 0.25) is 5.02 Å². The third-order valence-electron chi connectivity index (χ3n) is 2.62.